The molecule has 8 heteroatoms. The van der Waals surface area contributed by atoms with Gasteiger partial charge in [0.05, 0.1) is 18.9 Å². The highest BCUT2D eigenvalue weighted by Gasteiger charge is 2.19. The lowest BCUT2D eigenvalue weighted by Gasteiger charge is -2.20. The van der Waals surface area contributed by atoms with Gasteiger partial charge in [-0.3, -0.25) is 9.36 Å². The van der Waals surface area contributed by atoms with Gasteiger partial charge in [-0.05, 0) is 54.4 Å². The number of hydrogen-bond acceptors (Lipinski definition) is 5. The van der Waals surface area contributed by atoms with Crippen LogP contribution in [0.3, 0.4) is 0 Å². The molecule has 33 heavy (non-hydrogen) atoms. The number of carbonyl (C=O) groups excluding carboxylic acids is 1. The zero-order valence-corrected chi connectivity index (χ0v) is 19.8. The second-order valence-electron chi connectivity index (χ2n) is 7.32. The number of ether oxygens (including phenoxy) is 1. The lowest BCUT2D eigenvalue weighted by Crippen LogP contribution is -2.30. The first kappa shape index (κ1) is 22.9. The number of rotatable bonds is 8. The highest BCUT2D eigenvalue weighted by Crippen LogP contribution is 2.26. The van der Waals surface area contributed by atoms with E-state index in [1.165, 1.54) is 11.8 Å². The van der Waals surface area contributed by atoms with Crippen LogP contribution in [0, 0.1) is 6.92 Å². The van der Waals surface area contributed by atoms with E-state index in [-0.39, 0.29) is 17.7 Å². The van der Waals surface area contributed by atoms with Crippen molar-refractivity contribution in [3.05, 3.63) is 101 Å². The highest BCUT2D eigenvalue weighted by atomic mass is 35.5. The molecule has 1 aromatic heterocycles. The summed E-state index contributed by atoms with van der Waals surface area (Å²) in [6.07, 6.45) is 0. The Kier molecular flexibility index (Phi) is 7.32. The Labute approximate surface area is 202 Å². The molecule has 0 fully saturated rings. The minimum atomic E-state index is -0.306. The molecule has 0 radical (unpaired) electrons. The number of hydrogen-bond donors (Lipinski definition) is 1. The topological polar surface area (TPSA) is 69.0 Å². The van der Waals surface area contributed by atoms with Crippen molar-refractivity contribution >= 4 is 29.3 Å². The maximum atomic E-state index is 13.0. The average molecular weight is 479 g/mol. The van der Waals surface area contributed by atoms with E-state index in [9.17, 15) is 4.79 Å². The van der Waals surface area contributed by atoms with Gasteiger partial charge in [0.15, 0.2) is 5.16 Å². The number of aromatic nitrogens is 3. The van der Waals surface area contributed by atoms with E-state index in [2.05, 4.69) is 15.5 Å². The van der Waals surface area contributed by atoms with Gasteiger partial charge in [0, 0.05) is 10.7 Å². The first-order valence-corrected chi connectivity index (χ1v) is 11.7. The molecule has 6 nitrogen and oxygen atoms in total. The van der Waals surface area contributed by atoms with E-state index in [1.807, 2.05) is 90.4 Å². The molecule has 168 valence electrons. The summed E-state index contributed by atoms with van der Waals surface area (Å²) < 4.78 is 7.16. The van der Waals surface area contributed by atoms with Gasteiger partial charge in [-0.15, -0.1) is 10.2 Å². The standard InChI is InChI=1S/C25H23ClN4O2S/c1-17-28-29-25(30(17)21-11-13-22(32-2)14-12-21)33-16-23(31)27-24(18-7-4-3-5-8-18)19-9-6-10-20(26)15-19/h3-15,24H,16H2,1-2H3,(H,27,31). The Morgan fingerprint density at radius 3 is 2.45 bits per heavy atom. The van der Waals surface area contributed by atoms with Crippen LogP contribution in [-0.4, -0.2) is 33.5 Å². The van der Waals surface area contributed by atoms with Crippen LogP contribution in [-0.2, 0) is 4.79 Å². The molecule has 0 aliphatic carbocycles. The van der Waals surface area contributed by atoms with Crippen LogP contribution in [0.2, 0.25) is 5.02 Å². The van der Waals surface area contributed by atoms with E-state index in [0.717, 1.165) is 28.4 Å². The second-order valence-corrected chi connectivity index (χ2v) is 8.70. The average Bonchev–Trinajstić information content (AvgIpc) is 3.22. The van der Waals surface area contributed by atoms with Crippen molar-refractivity contribution in [1.82, 2.24) is 20.1 Å². The number of amides is 1. The molecule has 1 N–H and O–H groups in total. The van der Waals surface area contributed by atoms with Crippen LogP contribution >= 0.6 is 23.4 Å². The molecule has 1 amide bonds. The fourth-order valence-electron chi connectivity index (χ4n) is 3.49. The van der Waals surface area contributed by atoms with Crippen LogP contribution in [0.5, 0.6) is 5.75 Å². The number of benzene rings is 3. The normalized spacial score (nSPS) is 11.7. The fraction of sp³-hybridized carbons (Fsp3) is 0.160. The maximum absolute atomic E-state index is 13.0. The number of nitrogens with one attached hydrogen (secondary N) is 1. The molecule has 0 saturated heterocycles. The van der Waals surface area contributed by atoms with E-state index >= 15 is 0 Å². The summed E-state index contributed by atoms with van der Waals surface area (Å²) in [6, 6.07) is 24.7. The van der Waals surface area contributed by atoms with Crippen LogP contribution in [0.4, 0.5) is 0 Å². The molecule has 0 aliphatic rings. The van der Waals surface area contributed by atoms with Crippen molar-refractivity contribution in [2.24, 2.45) is 0 Å². The zero-order valence-electron chi connectivity index (χ0n) is 18.2. The fourth-order valence-corrected chi connectivity index (χ4v) is 4.50. The minimum Gasteiger partial charge on any atom is -0.497 e. The SMILES string of the molecule is COc1ccc(-n2c(C)nnc2SCC(=O)NC(c2ccccc2)c2cccc(Cl)c2)cc1. The molecular formula is C25H23ClN4O2S. The van der Waals surface area contributed by atoms with Crippen molar-refractivity contribution in [2.75, 3.05) is 12.9 Å². The molecule has 0 spiro atoms. The van der Waals surface area contributed by atoms with Crippen LogP contribution in [0.15, 0.2) is 84.0 Å². The minimum absolute atomic E-state index is 0.115. The second kappa shape index (κ2) is 10.6. The molecule has 1 unspecified atom stereocenters. The summed E-state index contributed by atoms with van der Waals surface area (Å²) in [5.74, 6) is 1.59. The lowest BCUT2D eigenvalue weighted by atomic mass is 9.99. The van der Waals surface area contributed by atoms with Gasteiger partial charge in [-0.1, -0.05) is 65.8 Å². The maximum Gasteiger partial charge on any atom is 0.231 e. The van der Waals surface area contributed by atoms with E-state index in [0.29, 0.717) is 10.2 Å². The Balaban J connectivity index is 1.50. The Hall–Kier alpha value is -3.29. The van der Waals surface area contributed by atoms with Crippen molar-refractivity contribution in [2.45, 2.75) is 18.1 Å². The number of aryl methyl sites for hydroxylation is 1. The van der Waals surface area contributed by atoms with Crippen LogP contribution < -0.4 is 10.1 Å². The number of thioether (sulfide) groups is 1. The summed E-state index contributed by atoms with van der Waals surface area (Å²) in [5, 5.41) is 12.9. The molecule has 0 aliphatic heterocycles. The van der Waals surface area contributed by atoms with Gasteiger partial charge >= 0.3 is 0 Å². The molecule has 4 rings (SSSR count). The van der Waals surface area contributed by atoms with Crippen molar-refractivity contribution in [3.63, 3.8) is 0 Å². The zero-order chi connectivity index (χ0) is 23.2. The first-order chi connectivity index (χ1) is 16.0. The molecular weight excluding hydrogens is 456 g/mol. The van der Waals surface area contributed by atoms with Crippen molar-refractivity contribution < 1.29 is 9.53 Å². The van der Waals surface area contributed by atoms with E-state index in [1.54, 1.807) is 7.11 Å². The largest absolute Gasteiger partial charge is 0.497 e. The van der Waals surface area contributed by atoms with Gasteiger partial charge in [-0.25, -0.2) is 0 Å². The Bertz CT molecular complexity index is 1230. The number of methoxy groups -OCH3 is 1. The van der Waals surface area contributed by atoms with E-state index < -0.39 is 0 Å². The van der Waals surface area contributed by atoms with Crippen molar-refractivity contribution in [3.8, 4) is 11.4 Å². The molecule has 4 aromatic rings. The number of carbonyl (C=O) groups is 1. The molecule has 0 saturated carbocycles. The van der Waals surface area contributed by atoms with Crippen LogP contribution in [0.1, 0.15) is 23.0 Å². The van der Waals surface area contributed by atoms with Crippen LogP contribution in [0.25, 0.3) is 5.69 Å². The van der Waals surface area contributed by atoms with Crippen molar-refractivity contribution in [1.29, 1.82) is 0 Å². The third kappa shape index (κ3) is 5.56. The predicted molar refractivity (Wildman–Crippen MR) is 131 cm³/mol. The summed E-state index contributed by atoms with van der Waals surface area (Å²) in [5.41, 5.74) is 2.81. The van der Waals surface area contributed by atoms with Gasteiger partial charge in [0.1, 0.15) is 11.6 Å². The summed E-state index contributed by atoms with van der Waals surface area (Å²) >= 11 is 7.54. The monoisotopic (exact) mass is 478 g/mol. The molecule has 1 heterocycles. The Morgan fingerprint density at radius 1 is 1.03 bits per heavy atom. The third-order valence-corrected chi connectivity index (χ3v) is 6.24. The smallest absolute Gasteiger partial charge is 0.231 e. The van der Waals surface area contributed by atoms with Gasteiger partial charge < -0.3 is 10.1 Å². The Morgan fingerprint density at radius 2 is 1.76 bits per heavy atom. The highest BCUT2D eigenvalue weighted by molar-refractivity contribution is 7.99. The summed E-state index contributed by atoms with van der Waals surface area (Å²) in [7, 11) is 1.63. The number of halogens is 1. The summed E-state index contributed by atoms with van der Waals surface area (Å²) in [6.45, 7) is 1.88. The van der Waals surface area contributed by atoms with Gasteiger partial charge in [-0.2, -0.15) is 0 Å². The molecule has 1 atom stereocenters. The van der Waals surface area contributed by atoms with Gasteiger partial charge in [0.25, 0.3) is 0 Å². The third-order valence-electron chi connectivity index (χ3n) is 5.08. The summed E-state index contributed by atoms with van der Waals surface area (Å²) in [4.78, 5) is 13.0. The lowest BCUT2D eigenvalue weighted by molar-refractivity contribution is -0.119. The molecule has 3 aromatic carbocycles. The quantitative estimate of drug-likeness (QED) is 0.351. The van der Waals surface area contributed by atoms with Gasteiger partial charge in [0.2, 0.25) is 5.91 Å². The predicted octanol–water partition coefficient (Wildman–Crippen LogP) is 5.24. The van der Waals surface area contributed by atoms with E-state index in [4.69, 9.17) is 16.3 Å². The molecule has 0 bridgehead atoms. The first-order valence-electron chi connectivity index (χ1n) is 10.3. The number of nitrogens with zero attached hydrogens (tertiary/aromatic N) is 3.